The Morgan fingerprint density at radius 2 is 1.85 bits per heavy atom. The molecular weight excluding hydrogens is 372 g/mol. The molecule has 8 heteroatoms. The first-order valence-corrected chi connectivity index (χ1v) is 11.2. The van der Waals surface area contributed by atoms with Crippen LogP contribution in [0.3, 0.4) is 0 Å². The number of fused-ring (bicyclic) bond motifs is 1. The maximum Gasteiger partial charge on any atom is 0.261 e. The predicted molar refractivity (Wildman–Crippen MR) is 101 cm³/mol. The molecule has 0 aliphatic carbocycles. The van der Waals surface area contributed by atoms with E-state index in [0.29, 0.717) is 6.04 Å². The van der Waals surface area contributed by atoms with Crippen molar-refractivity contribution in [2.45, 2.75) is 49.0 Å². The molecule has 4 rings (SSSR count). The van der Waals surface area contributed by atoms with Crippen LogP contribution < -0.4 is 4.90 Å². The lowest BCUT2D eigenvalue weighted by molar-refractivity contribution is -0.0434. The fourth-order valence-corrected chi connectivity index (χ4v) is 6.04. The number of anilines is 1. The van der Waals surface area contributed by atoms with Gasteiger partial charge in [0.1, 0.15) is 0 Å². The molecule has 3 aliphatic heterocycles. The first-order valence-electron chi connectivity index (χ1n) is 9.72. The van der Waals surface area contributed by atoms with E-state index in [1.165, 1.54) is 0 Å². The second kappa shape index (κ2) is 6.97. The van der Waals surface area contributed by atoms with Gasteiger partial charge < -0.3 is 9.80 Å². The van der Waals surface area contributed by atoms with Gasteiger partial charge in [0.25, 0.3) is 5.92 Å². The fraction of sp³-hybridized carbons (Fsp3) is 0.684. The standard InChI is InChI=1S/C19H27F2N3O2S/c1-22-10-6-16(7-11-22)24-12-5-15-3-4-17(13-18(15)24)27(25,26)23-9-2-8-19(20,21)14-23/h3-4,13,16H,2,5-12,14H2,1H3. The van der Waals surface area contributed by atoms with Crippen LogP contribution in [0.25, 0.3) is 0 Å². The van der Waals surface area contributed by atoms with Gasteiger partial charge in [-0.1, -0.05) is 6.07 Å². The maximum absolute atomic E-state index is 13.7. The molecule has 2 fully saturated rings. The number of rotatable bonds is 3. The summed E-state index contributed by atoms with van der Waals surface area (Å²) in [4.78, 5) is 4.77. The quantitative estimate of drug-likeness (QED) is 0.784. The van der Waals surface area contributed by atoms with Gasteiger partial charge >= 0.3 is 0 Å². The lowest BCUT2D eigenvalue weighted by atomic mass is 10.0. The summed E-state index contributed by atoms with van der Waals surface area (Å²) in [5.74, 6) is -2.94. The van der Waals surface area contributed by atoms with Crippen LogP contribution in [0.5, 0.6) is 0 Å². The number of halogens is 2. The van der Waals surface area contributed by atoms with E-state index in [1.807, 2.05) is 6.07 Å². The van der Waals surface area contributed by atoms with Gasteiger partial charge in [0.05, 0.1) is 11.4 Å². The normalized spacial score (nSPS) is 24.9. The molecule has 0 spiro atoms. The van der Waals surface area contributed by atoms with Crippen molar-refractivity contribution in [3.8, 4) is 0 Å². The Morgan fingerprint density at radius 3 is 2.56 bits per heavy atom. The maximum atomic E-state index is 13.7. The lowest BCUT2D eigenvalue weighted by Crippen LogP contribution is -2.45. The van der Waals surface area contributed by atoms with E-state index < -0.39 is 22.5 Å². The van der Waals surface area contributed by atoms with Crippen molar-refractivity contribution in [1.29, 1.82) is 0 Å². The van der Waals surface area contributed by atoms with E-state index in [0.717, 1.165) is 54.5 Å². The number of benzene rings is 1. The molecule has 27 heavy (non-hydrogen) atoms. The Labute approximate surface area is 160 Å². The summed E-state index contributed by atoms with van der Waals surface area (Å²) in [5.41, 5.74) is 2.12. The average Bonchev–Trinajstić information content (AvgIpc) is 3.05. The number of alkyl halides is 2. The number of piperidine rings is 2. The van der Waals surface area contributed by atoms with Gasteiger partial charge in [-0.25, -0.2) is 17.2 Å². The topological polar surface area (TPSA) is 43.9 Å². The van der Waals surface area contributed by atoms with Crippen LogP contribution in [-0.4, -0.2) is 69.4 Å². The van der Waals surface area contributed by atoms with Crippen LogP contribution in [-0.2, 0) is 16.4 Å². The van der Waals surface area contributed by atoms with Crippen molar-refractivity contribution in [2.75, 3.05) is 44.7 Å². The number of nitrogens with zero attached hydrogens (tertiary/aromatic N) is 3. The molecule has 3 heterocycles. The van der Waals surface area contributed by atoms with E-state index >= 15 is 0 Å². The zero-order chi connectivity index (χ0) is 19.2. The number of hydrogen-bond donors (Lipinski definition) is 0. The van der Waals surface area contributed by atoms with E-state index in [4.69, 9.17) is 0 Å². The number of likely N-dealkylation sites (tertiary alicyclic amines) is 1. The molecule has 3 aliphatic rings. The Hall–Kier alpha value is -1.25. The molecule has 0 aromatic heterocycles. The third-order valence-electron chi connectivity index (χ3n) is 6.11. The molecule has 0 saturated carbocycles. The lowest BCUT2D eigenvalue weighted by Gasteiger charge is -2.37. The van der Waals surface area contributed by atoms with Crippen molar-refractivity contribution in [1.82, 2.24) is 9.21 Å². The van der Waals surface area contributed by atoms with Crippen LogP contribution in [0, 0.1) is 0 Å². The predicted octanol–water partition coefficient (Wildman–Crippen LogP) is 2.56. The van der Waals surface area contributed by atoms with Crippen molar-refractivity contribution in [3.05, 3.63) is 23.8 Å². The van der Waals surface area contributed by atoms with Gasteiger partial charge in [0, 0.05) is 31.2 Å². The number of sulfonamides is 1. The first-order chi connectivity index (χ1) is 12.8. The Bertz CT molecular complexity index is 807. The summed E-state index contributed by atoms with van der Waals surface area (Å²) in [6, 6.07) is 5.57. The van der Waals surface area contributed by atoms with Gasteiger partial charge in [-0.15, -0.1) is 0 Å². The second-order valence-corrected chi connectivity index (χ2v) is 10.0. The second-order valence-electron chi connectivity index (χ2n) is 8.07. The van der Waals surface area contributed by atoms with E-state index in [-0.39, 0.29) is 24.3 Å². The van der Waals surface area contributed by atoms with Crippen LogP contribution in [0.4, 0.5) is 14.5 Å². The smallest absolute Gasteiger partial charge is 0.261 e. The number of hydrogen-bond acceptors (Lipinski definition) is 4. The highest BCUT2D eigenvalue weighted by molar-refractivity contribution is 7.89. The fourth-order valence-electron chi connectivity index (χ4n) is 4.51. The van der Waals surface area contributed by atoms with E-state index in [9.17, 15) is 17.2 Å². The van der Waals surface area contributed by atoms with Gasteiger partial charge in [0.15, 0.2) is 0 Å². The summed E-state index contributed by atoms with van der Waals surface area (Å²) in [6.07, 6.45) is 2.98. The van der Waals surface area contributed by atoms with Gasteiger partial charge in [-0.05, 0) is 63.5 Å². The highest BCUT2D eigenvalue weighted by atomic mass is 32.2. The van der Waals surface area contributed by atoms with Crippen LogP contribution in [0.1, 0.15) is 31.2 Å². The first kappa shape index (κ1) is 19.1. The molecular formula is C19H27F2N3O2S. The molecule has 0 atom stereocenters. The molecule has 0 amide bonds. The highest BCUT2D eigenvalue weighted by Gasteiger charge is 2.41. The van der Waals surface area contributed by atoms with E-state index in [2.05, 4.69) is 16.8 Å². The van der Waals surface area contributed by atoms with Gasteiger partial charge in [0.2, 0.25) is 10.0 Å². The van der Waals surface area contributed by atoms with Crippen molar-refractivity contribution in [3.63, 3.8) is 0 Å². The highest BCUT2D eigenvalue weighted by Crippen LogP contribution is 2.36. The largest absolute Gasteiger partial charge is 0.368 e. The van der Waals surface area contributed by atoms with Crippen molar-refractivity contribution >= 4 is 15.7 Å². The van der Waals surface area contributed by atoms with Crippen LogP contribution in [0.15, 0.2) is 23.1 Å². The Kier molecular flexibility index (Phi) is 4.93. The zero-order valence-corrected chi connectivity index (χ0v) is 16.5. The third-order valence-corrected chi connectivity index (χ3v) is 7.95. The van der Waals surface area contributed by atoms with Crippen LogP contribution in [0.2, 0.25) is 0 Å². The van der Waals surface area contributed by atoms with E-state index in [1.54, 1.807) is 12.1 Å². The molecule has 1 aromatic carbocycles. The van der Waals surface area contributed by atoms with Crippen molar-refractivity contribution < 1.29 is 17.2 Å². The zero-order valence-electron chi connectivity index (χ0n) is 15.7. The summed E-state index contributed by atoms with van der Waals surface area (Å²) >= 11 is 0. The third kappa shape index (κ3) is 3.71. The average molecular weight is 400 g/mol. The minimum absolute atomic E-state index is 0.138. The summed E-state index contributed by atoms with van der Waals surface area (Å²) in [6.45, 7) is 2.42. The molecule has 1 aromatic rings. The molecule has 0 radical (unpaired) electrons. The summed E-state index contributed by atoms with van der Waals surface area (Å²) < 4.78 is 54.4. The molecule has 0 N–H and O–H groups in total. The molecule has 2 saturated heterocycles. The van der Waals surface area contributed by atoms with Gasteiger partial charge in [-0.3, -0.25) is 0 Å². The Balaban J connectivity index is 1.60. The summed E-state index contributed by atoms with van der Waals surface area (Å²) in [7, 11) is -1.78. The Morgan fingerprint density at radius 1 is 1.11 bits per heavy atom. The van der Waals surface area contributed by atoms with Crippen molar-refractivity contribution in [2.24, 2.45) is 0 Å². The molecule has 0 bridgehead atoms. The minimum Gasteiger partial charge on any atom is -0.368 e. The summed E-state index contributed by atoms with van der Waals surface area (Å²) in [5, 5.41) is 0. The molecule has 5 nitrogen and oxygen atoms in total. The molecule has 0 unspecified atom stereocenters. The molecule has 150 valence electrons. The van der Waals surface area contributed by atoms with Gasteiger partial charge in [-0.2, -0.15) is 4.31 Å². The SMILES string of the molecule is CN1CCC(N2CCc3ccc(S(=O)(=O)N4CCCC(F)(F)C4)cc32)CC1. The monoisotopic (exact) mass is 399 g/mol. The minimum atomic E-state index is -3.90. The van der Waals surface area contributed by atoms with Crippen LogP contribution >= 0.6 is 0 Å².